The molecule has 0 radical (unpaired) electrons. The van der Waals surface area contributed by atoms with Crippen molar-refractivity contribution in [1.29, 1.82) is 0 Å². The maximum Gasteiger partial charge on any atom is 0.0695 e. The van der Waals surface area contributed by atoms with Crippen molar-refractivity contribution in [3.63, 3.8) is 0 Å². The Morgan fingerprint density at radius 1 is 1.36 bits per heavy atom. The molecular formula is C12H25NO. The van der Waals surface area contributed by atoms with E-state index in [4.69, 9.17) is 0 Å². The summed E-state index contributed by atoms with van der Waals surface area (Å²) in [4.78, 5) is 2.38. The summed E-state index contributed by atoms with van der Waals surface area (Å²) < 4.78 is 0. The van der Waals surface area contributed by atoms with Crippen molar-refractivity contribution >= 4 is 0 Å². The molecule has 0 bridgehead atoms. The maximum absolute atomic E-state index is 9.91. The van der Waals surface area contributed by atoms with Gasteiger partial charge in [-0.05, 0) is 33.2 Å². The number of aliphatic hydroxyl groups excluding tert-OH is 1. The van der Waals surface area contributed by atoms with Gasteiger partial charge in [-0.25, -0.2) is 0 Å². The van der Waals surface area contributed by atoms with E-state index in [0.29, 0.717) is 12.1 Å². The number of aliphatic hydroxyl groups is 1. The molecule has 0 saturated heterocycles. The fourth-order valence-electron chi connectivity index (χ4n) is 2.52. The minimum atomic E-state index is -0.0898. The molecule has 2 nitrogen and oxygen atoms in total. The highest BCUT2D eigenvalue weighted by Crippen LogP contribution is 2.24. The summed E-state index contributed by atoms with van der Waals surface area (Å²) in [5.74, 6) is 0. The van der Waals surface area contributed by atoms with Gasteiger partial charge >= 0.3 is 0 Å². The Labute approximate surface area is 88.3 Å². The van der Waals surface area contributed by atoms with E-state index in [-0.39, 0.29) is 6.10 Å². The SMILES string of the molecule is CCCC(C)N(C)[C@H]1CCCC[C@@H]1O. The van der Waals surface area contributed by atoms with Crippen LogP contribution in [0.3, 0.4) is 0 Å². The number of hydrogen-bond donors (Lipinski definition) is 1. The molecule has 84 valence electrons. The average molecular weight is 199 g/mol. The number of nitrogens with zero attached hydrogens (tertiary/aromatic N) is 1. The van der Waals surface area contributed by atoms with Crippen LogP contribution < -0.4 is 0 Å². The standard InChI is InChI=1S/C12H25NO/c1-4-7-10(2)13(3)11-8-5-6-9-12(11)14/h10-12,14H,4-9H2,1-3H3/t10?,11-,12-/m0/s1. The van der Waals surface area contributed by atoms with Crippen molar-refractivity contribution in [2.75, 3.05) is 7.05 Å². The van der Waals surface area contributed by atoms with E-state index in [0.717, 1.165) is 6.42 Å². The second-order valence-corrected chi connectivity index (χ2v) is 4.72. The van der Waals surface area contributed by atoms with Crippen LogP contribution in [0.25, 0.3) is 0 Å². The first kappa shape index (κ1) is 12.0. The molecule has 1 unspecified atom stereocenters. The van der Waals surface area contributed by atoms with Gasteiger partial charge in [-0.15, -0.1) is 0 Å². The Morgan fingerprint density at radius 3 is 2.57 bits per heavy atom. The van der Waals surface area contributed by atoms with E-state index in [1.165, 1.54) is 32.1 Å². The molecule has 0 spiro atoms. The van der Waals surface area contributed by atoms with Gasteiger partial charge < -0.3 is 5.11 Å². The van der Waals surface area contributed by atoms with Gasteiger partial charge in [0.15, 0.2) is 0 Å². The molecule has 1 aliphatic carbocycles. The first-order chi connectivity index (χ1) is 6.66. The largest absolute Gasteiger partial charge is 0.391 e. The fourth-order valence-corrected chi connectivity index (χ4v) is 2.52. The minimum Gasteiger partial charge on any atom is -0.391 e. The quantitative estimate of drug-likeness (QED) is 0.751. The van der Waals surface area contributed by atoms with Crippen molar-refractivity contribution in [3.8, 4) is 0 Å². The Morgan fingerprint density at radius 2 is 2.00 bits per heavy atom. The molecule has 1 aliphatic rings. The fraction of sp³-hybridized carbons (Fsp3) is 1.00. The van der Waals surface area contributed by atoms with Crippen LogP contribution in [-0.2, 0) is 0 Å². The summed E-state index contributed by atoms with van der Waals surface area (Å²) >= 11 is 0. The van der Waals surface area contributed by atoms with Crippen LogP contribution in [0, 0.1) is 0 Å². The Hall–Kier alpha value is -0.0800. The second-order valence-electron chi connectivity index (χ2n) is 4.72. The molecule has 1 fully saturated rings. The Kier molecular flexibility index (Phi) is 4.90. The molecule has 14 heavy (non-hydrogen) atoms. The predicted octanol–water partition coefficient (Wildman–Crippen LogP) is 2.41. The van der Waals surface area contributed by atoms with Gasteiger partial charge in [-0.2, -0.15) is 0 Å². The van der Waals surface area contributed by atoms with Gasteiger partial charge in [0.05, 0.1) is 6.10 Å². The summed E-state index contributed by atoms with van der Waals surface area (Å²) in [6.07, 6.45) is 7.03. The zero-order chi connectivity index (χ0) is 10.6. The number of hydrogen-bond acceptors (Lipinski definition) is 2. The summed E-state index contributed by atoms with van der Waals surface area (Å²) in [5, 5.41) is 9.91. The monoisotopic (exact) mass is 199 g/mol. The second kappa shape index (κ2) is 5.72. The van der Waals surface area contributed by atoms with E-state index in [2.05, 4.69) is 25.8 Å². The smallest absolute Gasteiger partial charge is 0.0695 e. The van der Waals surface area contributed by atoms with Crippen LogP contribution in [0.1, 0.15) is 52.4 Å². The van der Waals surface area contributed by atoms with Crippen molar-refractivity contribution in [3.05, 3.63) is 0 Å². The number of likely N-dealkylation sites (N-methyl/N-ethyl adjacent to an activating group) is 1. The molecule has 0 amide bonds. The molecule has 1 saturated carbocycles. The molecule has 0 aromatic rings. The van der Waals surface area contributed by atoms with Gasteiger partial charge in [0.1, 0.15) is 0 Å². The Bertz CT molecular complexity index is 160. The molecular weight excluding hydrogens is 174 g/mol. The zero-order valence-electron chi connectivity index (χ0n) is 9.87. The topological polar surface area (TPSA) is 23.5 Å². The third kappa shape index (κ3) is 2.96. The number of rotatable bonds is 4. The molecule has 1 rings (SSSR count). The molecule has 1 N–H and O–H groups in total. The lowest BCUT2D eigenvalue weighted by Gasteiger charge is -2.38. The molecule has 3 atom stereocenters. The summed E-state index contributed by atoms with van der Waals surface area (Å²) in [7, 11) is 2.17. The summed E-state index contributed by atoms with van der Waals surface area (Å²) in [6.45, 7) is 4.49. The van der Waals surface area contributed by atoms with Gasteiger partial charge in [0.25, 0.3) is 0 Å². The maximum atomic E-state index is 9.91. The lowest BCUT2D eigenvalue weighted by Crippen LogP contribution is -2.47. The zero-order valence-corrected chi connectivity index (χ0v) is 9.87. The van der Waals surface area contributed by atoms with Gasteiger partial charge in [0.2, 0.25) is 0 Å². The molecule has 0 heterocycles. The molecule has 0 aromatic heterocycles. The third-order valence-electron chi connectivity index (χ3n) is 3.62. The Balaban J connectivity index is 2.44. The van der Waals surface area contributed by atoms with E-state index in [9.17, 15) is 5.11 Å². The van der Waals surface area contributed by atoms with Crippen molar-refractivity contribution in [1.82, 2.24) is 4.90 Å². The lowest BCUT2D eigenvalue weighted by molar-refractivity contribution is 0.0143. The van der Waals surface area contributed by atoms with Crippen LogP contribution in [-0.4, -0.2) is 35.2 Å². The highest BCUT2D eigenvalue weighted by molar-refractivity contribution is 4.83. The molecule has 0 aliphatic heterocycles. The van der Waals surface area contributed by atoms with Crippen molar-refractivity contribution in [2.24, 2.45) is 0 Å². The van der Waals surface area contributed by atoms with E-state index < -0.39 is 0 Å². The average Bonchev–Trinajstić information content (AvgIpc) is 2.18. The normalized spacial score (nSPS) is 30.6. The highest BCUT2D eigenvalue weighted by atomic mass is 16.3. The van der Waals surface area contributed by atoms with Crippen molar-refractivity contribution in [2.45, 2.75) is 70.6 Å². The van der Waals surface area contributed by atoms with Crippen LogP contribution in [0.4, 0.5) is 0 Å². The van der Waals surface area contributed by atoms with Crippen LogP contribution in [0.15, 0.2) is 0 Å². The van der Waals surface area contributed by atoms with Crippen molar-refractivity contribution < 1.29 is 5.11 Å². The minimum absolute atomic E-state index is 0.0898. The highest BCUT2D eigenvalue weighted by Gasteiger charge is 2.28. The van der Waals surface area contributed by atoms with Gasteiger partial charge in [0, 0.05) is 12.1 Å². The van der Waals surface area contributed by atoms with E-state index >= 15 is 0 Å². The van der Waals surface area contributed by atoms with E-state index in [1.807, 2.05) is 0 Å². The lowest BCUT2D eigenvalue weighted by atomic mass is 9.90. The molecule has 2 heteroatoms. The van der Waals surface area contributed by atoms with E-state index in [1.54, 1.807) is 0 Å². The van der Waals surface area contributed by atoms with Gasteiger partial charge in [-0.3, -0.25) is 4.90 Å². The first-order valence-electron chi connectivity index (χ1n) is 6.06. The predicted molar refractivity (Wildman–Crippen MR) is 60.4 cm³/mol. The molecule has 0 aromatic carbocycles. The third-order valence-corrected chi connectivity index (χ3v) is 3.62. The first-order valence-corrected chi connectivity index (χ1v) is 6.06. The van der Waals surface area contributed by atoms with Gasteiger partial charge in [-0.1, -0.05) is 26.2 Å². The summed E-state index contributed by atoms with van der Waals surface area (Å²) in [6, 6.07) is 1.02. The van der Waals surface area contributed by atoms with Crippen LogP contribution in [0.5, 0.6) is 0 Å². The summed E-state index contributed by atoms with van der Waals surface area (Å²) in [5.41, 5.74) is 0. The van der Waals surface area contributed by atoms with Crippen LogP contribution in [0.2, 0.25) is 0 Å². The van der Waals surface area contributed by atoms with Crippen LogP contribution >= 0.6 is 0 Å².